The van der Waals surface area contributed by atoms with E-state index in [1.807, 2.05) is 13.8 Å². The van der Waals surface area contributed by atoms with Gasteiger partial charge in [-0.1, -0.05) is 13.8 Å². The first-order valence-electron chi connectivity index (χ1n) is 4.77. The van der Waals surface area contributed by atoms with Gasteiger partial charge in [0.25, 0.3) is 0 Å². The third-order valence-electron chi connectivity index (χ3n) is 2.64. The molecule has 4 nitrogen and oxygen atoms in total. The Morgan fingerprint density at radius 3 is 2.43 bits per heavy atom. The minimum atomic E-state index is -3.03. The van der Waals surface area contributed by atoms with Crippen molar-refractivity contribution in [3.05, 3.63) is 0 Å². The number of carbonyl (C=O) groups excluding carboxylic acids is 1. The molecule has 2 atom stereocenters. The van der Waals surface area contributed by atoms with Gasteiger partial charge in [-0.3, -0.25) is 0 Å². The summed E-state index contributed by atoms with van der Waals surface area (Å²) >= 11 is 0. The fourth-order valence-electron chi connectivity index (χ4n) is 1.92. The highest BCUT2D eigenvalue weighted by Crippen LogP contribution is 2.28. The van der Waals surface area contributed by atoms with Gasteiger partial charge < -0.3 is 0 Å². The van der Waals surface area contributed by atoms with Gasteiger partial charge >= 0.3 is 0 Å². The van der Waals surface area contributed by atoms with Crippen molar-refractivity contribution in [2.75, 3.05) is 5.75 Å². The maximum Gasteiger partial charge on any atom is 0.235 e. The van der Waals surface area contributed by atoms with Crippen molar-refractivity contribution in [2.45, 2.75) is 38.0 Å². The van der Waals surface area contributed by atoms with Crippen LogP contribution in [0.2, 0.25) is 0 Å². The lowest BCUT2D eigenvalue weighted by Gasteiger charge is -2.20. The molecule has 80 valence electrons. The largest absolute Gasteiger partial charge is 0.235 e. The number of hydrogen-bond acceptors (Lipinski definition) is 4. The summed E-state index contributed by atoms with van der Waals surface area (Å²) in [7, 11) is -3.03. The van der Waals surface area contributed by atoms with Crippen LogP contribution in [0.4, 0.5) is 0 Å². The topological polar surface area (TPSA) is 63.6 Å². The Hall–Kier alpha value is -0.670. The molecule has 0 saturated carbocycles. The van der Waals surface area contributed by atoms with E-state index in [2.05, 4.69) is 4.99 Å². The smallest absolute Gasteiger partial charge is 0.228 e. The number of isocyanates is 1. The Morgan fingerprint density at radius 2 is 2.07 bits per heavy atom. The molecule has 1 heterocycles. The summed E-state index contributed by atoms with van der Waals surface area (Å²) in [5.41, 5.74) is 0. The minimum absolute atomic E-state index is 0.0642. The molecule has 1 fully saturated rings. The third-order valence-corrected chi connectivity index (χ3v) is 4.94. The molecule has 0 aromatic rings. The van der Waals surface area contributed by atoms with Crippen molar-refractivity contribution in [3.8, 4) is 0 Å². The highest BCUT2D eigenvalue weighted by Gasteiger charge is 2.38. The van der Waals surface area contributed by atoms with Gasteiger partial charge in [-0.2, -0.15) is 0 Å². The molecule has 0 radical (unpaired) electrons. The quantitative estimate of drug-likeness (QED) is 0.521. The number of aliphatic imine (C=N–C) groups is 1. The second-order valence-corrected chi connectivity index (χ2v) is 6.34. The zero-order valence-electron chi connectivity index (χ0n) is 8.43. The summed E-state index contributed by atoms with van der Waals surface area (Å²) in [5.74, 6) is 0.296. The Labute approximate surface area is 84.3 Å². The van der Waals surface area contributed by atoms with Gasteiger partial charge in [0, 0.05) is 0 Å². The zero-order chi connectivity index (χ0) is 10.8. The summed E-state index contributed by atoms with van der Waals surface area (Å²) in [4.78, 5) is 13.8. The molecule has 0 N–H and O–H groups in total. The molecule has 1 aliphatic heterocycles. The predicted molar refractivity (Wildman–Crippen MR) is 53.6 cm³/mol. The Kier molecular flexibility index (Phi) is 3.45. The zero-order valence-corrected chi connectivity index (χ0v) is 9.25. The van der Waals surface area contributed by atoms with Crippen LogP contribution in [0.15, 0.2) is 4.99 Å². The van der Waals surface area contributed by atoms with Crippen LogP contribution in [0.1, 0.15) is 26.7 Å². The molecule has 0 unspecified atom stereocenters. The van der Waals surface area contributed by atoms with E-state index in [9.17, 15) is 13.2 Å². The molecule has 0 aromatic carbocycles. The van der Waals surface area contributed by atoms with Crippen molar-refractivity contribution < 1.29 is 13.2 Å². The molecule has 1 saturated heterocycles. The van der Waals surface area contributed by atoms with E-state index >= 15 is 0 Å². The van der Waals surface area contributed by atoms with Crippen LogP contribution in [-0.2, 0) is 14.6 Å². The van der Waals surface area contributed by atoms with Gasteiger partial charge in [0.15, 0.2) is 9.84 Å². The molecule has 0 spiro atoms. The van der Waals surface area contributed by atoms with Crippen molar-refractivity contribution in [1.29, 1.82) is 0 Å². The lowest BCUT2D eigenvalue weighted by atomic mass is 9.99. The molecule has 1 rings (SSSR count). The van der Waals surface area contributed by atoms with Crippen LogP contribution in [0, 0.1) is 5.92 Å². The Bertz CT molecular complexity index is 341. The van der Waals surface area contributed by atoms with Crippen LogP contribution in [-0.4, -0.2) is 31.5 Å². The molecule has 1 aliphatic rings. The van der Waals surface area contributed by atoms with E-state index in [1.54, 1.807) is 0 Å². The van der Waals surface area contributed by atoms with Crippen LogP contribution >= 0.6 is 0 Å². The number of rotatable bonds is 3. The van der Waals surface area contributed by atoms with Gasteiger partial charge in [-0.15, -0.1) is 0 Å². The average Bonchev–Trinajstić information content (AvgIpc) is 2.40. The highest BCUT2D eigenvalue weighted by molar-refractivity contribution is 7.92. The van der Waals surface area contributed by atoms with E-state index < -0.39 is 21.1 Å². The number of nitrogens with zero attached hydrogens (tertiary/aromatic N) is 1. The molecular formula is C9H15NO3S. The molecular weight excluding hydrogens is 202 g/mol. The Balaban J connectivity index is 2.94. The maximum atomic E-state index is 11.6. The highest BCUT2D eigenvalue weighted by atomic mass is 32.2. The predicted octanol–water partition coefficient (Wildman–Crippen LogP) is 0.924. The van der Waals surface area contributed by atoms with Crippen molar-refractivity contribution >= 4 is 15.9 Å². The van der Waals surface area contributed by atoms with Gasteiger partial charge in [0.2, 0.25) is 6.08 Å². The van der Waals surface area contributed by atoms with Crippen molar-refractivity contribution in [1.82, 2.24) is 0 Å². The van der Waals surface area contributed by atoms with Crippen LogP contribution < -0.4 is 0 Å². The molecule has 0 amide bonds. The number of sulfone groups is 1. The first-order valence-corrected chi connectivity index (χ1v) is 6.49. The van der Waals surface area contributed by atoms with Gasteiger partial charge in [-0.05, 0) is 18.8 Å². The summed E-state index contributed by atoms with van der Waals surface area (Å²) < 4.78 is 23.2. The first-order chi connectivity index (χ1) is 6.49. The molecule has 0 aliphatic carbocycles. The van der Waals surface area contributed by atoms with Crippen molar-refractivity contribution in [3.63, 3.8) is 0 Å². The fourth-order valence-corrected chi connectivity index (χ4v) is 4.12. The minimum Gasteiger partial charge on any atom is -0.228 e. The number of hydrogen-bond donors (Lipinski definition) is 0. The molecule has 0 bridgehead atoms. The van der Waals surface area contributed by atoms with Gasteiger partial charge in [-0.25, -0.2) is 18.2 Å². The fraction of sp³-hybridized carbons (Fsp3) is 0.889. The van der Waals surface area contributed by atoms with Crippen molar-refractivity contribution in [2.24, 2.45) is 10.9 Å². The monoisotopic (exact) mass is 217 g/mol. The molecule has 14 heavy (non-hydrogen) atoms. The van der Waals surface area contributed by atoms with Crippen LogP contribution in [0.25, 0.3) is 0 Å². The SMILES string of the molecule is CC(C)[C@@H](N=C=O)[C@@H]1CCCS1(=O)=O. The standard InChI is InChI=1S/C9H15NO3S/c1-7(2)9(10-6-11)8-4-3-5-14(8,12)13/h7-9H,3-5H2,1-2H3/t8-,9+/m0/s1. The van der Waals surface area contributed by atoms with Crippen LogP contribution in [0.3, 0.4) is 0 Å². The summed E-state index contributed by atoms with van der Waals surface area (Å²) in [6.07, 6.45) is 2.78. The average molecular weight is 217 g/mol. The van der Waals surface area contributed by atoms with E-state index in [0.29, 0.717) is 12.8 Å². The summed E-state index contributed by atoms with van der Waals surface area (Å²) in [5, 5.41) is -0.469. The van der Waals surface area contributed by atoms with E-state index in [4.69, 9.17) is 0 Å². The molecule has 0 aromatic heterocycles. The van der Waals surface area contributed by atoms with E-state index in [-0.39, 0.29) is 11.7 Å². The summed E-state index contributed by atoms with van der Waals surface area (Å²) in [6, 6.07) is -0.417. The van der Waals surface area contributed by atoms with E-state index in [0.717, 1.165) is 0 Å². The first kappa shape index (κ1) is 11.4. The lowest BCUT2D eigenvalue weighted by Crippen LogP contribution is -2.33. The van der Waals surface area contributed by atoms with Crippen LogP contribution in [0.5, 0.6) is 0 Å². The Morgan fingerprint density at radius 1 is 1.43 bits per heavy atom. The lowest BCUT2D eigenvalue weighted by molar-refractivity contribution is 0.452. The maximum absolute atomic E-state index is 11.6. The summed E-state index contributed by atoms with van der Waals surface area (Å²) in [6.45, 7) is 3.75. The van der Waals surface area contributed by atoms with E-state index in [1.165, 1.54) is 6.08 Å². The van der Waals surface area contributed by atoms with Gasteiger partial charge in [0.05, 0.1) is 17.0 Å². The second-order valence-electron chi connectivity index (χ2n) is 4.00. The third kappa shape index (κ3) is 2.22. The normalized spacial score (nSPS) is 27.2. The van der Waals surface area contributed by atoms with Gasteiger partial charge in [0.1, 0.15) is 0 Å². The molecule has 5 heteroatoms. The second kappa shape index (κ2) is 4.24.